The Labute approximate surface area is 278 Å². The van der Waals surface area contributed by atoms with Crippen LogP contribution in [0.3, 0.4) is 0 Å². The summed E-state index contributed by atoms with van der Waals surface area (Å²) < 4.78 is 36.0. The third-order valence-electron chi connectivity index (χ3n) is 6.88. The zero-order valence-electron chi connectivity index (χ0n) is 28.5. The second kappa shape index (κ2) is 39.8. The van der Waals surface area contributed by atoms with E-state index >= 15 is 0 Å². The second-order valence-electron chi connectivity index (χ2n) is 11.2. The van der Waals surface area contributed by atoms with Crippen LogP contribution in [0.5, 0.6) is 0 Å². The van der Waals surface area contributed by atoms with Gasteiger partial charge in [0.1, 0.15) is 0 Å². The summed E-state index contributed by atoms with van der Waals surface area (Å²) in [4.78, 5) is 22.3. The molecule has 0 aromatic carbocycles. The Morgan fingerprint density at radius 1 is 0.587 bits per heavy atom. The van der Waals surface area contributed by atoms with Crippen LogP contribution in [-0.2, 0) is 24.4 Å². The number of carboxylic acid groups (broad SMARTS) is 1. The van der Waals surface area contributed by atoms with E-state index in [9.17, 15) is 18.0 Å². The summed E-state index contributed by atoms with van der Waals surface area (Å²) in [6.07, 6.45) is 21.4. The van der Waals surface area contributed by atoms with Crippen molar-refractivity contribution < 1.29 is 52.8 Å². The molecule has 0 bridgehead atoms. The minimum absolute atomic E-state index is 0.0310. The van der Waals surface area contributed by atoms with Crippen molar-refractivity contribution in [3.63, 3.8) is 0 Å². The van der Waals surface area contributed by atoms with Crippen molar-refractivity contribution in [1.29, 1.82) is 0 Å². The molecule has 0 spiro atoms. The number of hydrogen-bond acceptors (Lipinski definition) is 11. The topological polar surface area (TPSA) is 223 Å². The SMILES string of the molecule is CCCCCCCCCCCCCCCCCCCCOC(=O)C(CC(=O)O)S(=O)(=O)O.OCCNCCO.OCCNCCO. The highest BCUT2D eigenvalue weighted by atomic mass is 32.2. The van der Waals surface area contributed by atoms with Gasteiger partial charge >= 0.3 is 11.9 Å². The Balaban J connectivity index is -0.00000108. The van der Waals surface area contributed by atoms with Crippen molar-refractivity contribution in [2.75, 3.05) is 59.2 Å². The third-order valence-corrected chi connectivity index (χ3v) is 7.96. The molecule has 46 heavy (non-hydrogen) atoms. The Hall–Kier alpha value is -1.39. The minimum Gasteiger partial charge on any atom is -0.481 e. The minimum atomic E-state index is -4.79. The first kappa shape index (κ1) is 49.0. The number of aliphatic carboxylic acids is 1. The van der Waals surface area contributed by atoms with E-state index in [0.717, 1.165) is 19.3 Å². The molecule has 1 atom stereocenters. The van der Waals surface area contributed by atoms with E-state index in [2.05, 4.69) is 17.6 Å². The number of unbranched alkanes of at least 4 members (excludes halogenated alkanes) is 17. The largest absolute Gasteiger partial charge is 0.481 e. The summed E-state index contributed by atoms with van der Waals surface area (Å²) in [6.45, 7) is 5.12. The normalized spacial score (nSPS) is 11.6. The van der Waals surface area contributed by atoms with Crippen LogP contribution < -0.4 is 10.6 Å². The highest BCUT2D eigenvalue weighted by Gasteiger charge is 2.34. The summed E-state index contributed by atoms with van der Waals surface area (Å²) in [7, 11) is -4.79. The number of nitrogens with one attached hydrogen (secondary N) is 2. The molecule has 1 unspecified atom stereocenters. The Kier molecular flexibility index (Phi) is 42.4. The summed E-state index contributed by atoms with van der Waals surface area (Å²) in [5.74, 6) is -2.69. The number of esters is 1. The summed E-state index contributed by atoms with van der Waals surface area (Å²) >= 11 is 0. The standard InChI is InChI=1S/C24H46O7S.2C4H11NO2/c1-2-3-4-5-6-7-8-9-10-11-12-13-14-15-16-17-18-19-20-31-24(27)22(21-23(25)26)32(28,29)30;2*6-3-1-5-2-4-7/h22H,2-21H2,1H3,(H,25,26)(H,28,29,30);2*5-7H,1-4H2. The Morgan fingerprint density at radius 3 is 1.15 bits per heavy atom. The molecule has 0 amide bonds. The number of aliphatic hydroxyl groups excluding tert-OH is 4. The lowest BCUT2D eigenvalue weighted by Crippen LogP contribution is -2.34. The van der Waals surface area contributed by atoms with Crippen LogP contribution in [-0.4, -0.2) is 115 Å². The molecule has 0 fully saturated rings. The first-order valence-corrected chi connectivity index (χ1v) is 18.8. The van der Waals surface area contributed by atoms with E-state index in [0.29, 0.717) is 32.6 Å². The lowest BCUT2D eigenvalue weighted by Gasteiger charge is -2.11. The van der Waals surface area contributed by atoms with Crippen LogP contribution in [0.4, 0.5) is 0 Å². The van der Waals surface area contributed by atoms with E-state index in [1.165, 1.54) is 89.9 Å². The average molecular weight is 689 g/mol. The molecule has 0 aliphatic carbocycles. The van der Waals surface area contributed by atoms with Crippen LogP contribution >= 0.6 is 0 Å². The van der Waals surface area contributed by atoms with Crippen molar-refractivity contribution in [3.8, 4) is 0 Å². The van der Waals surface area contributed by atoms with Gasteiger partial charge in [-0.05, 0) is 6.42 Å². The number of ether oxygens (including phenoxy) is 1. The zero-order valence-corrected chi connectivity index (χ0v) is 29.3. The lowest BCUT2D eigenvalue weighted by molar-refractivity contribution is -0.147. The van der Waals surface area contributed by atoms with Gasteiger partial charge in [-0.15, -0.1) is 0 Å². The smallest absolute Gasteiger partial charge is 0.327 e. The fraction of sp³-hybridized carbons (Fsp3) is 0.938. The van der Waals surface area contributed by atoms with E-state index in [1.54, 1.807) is 0 Å². The number of rotatable bonds is 31. The molecule has 0 saturated carbocycles. The predicted molar refractivity (Wildman–Crippen MR) is 181 cm³/mol. The molecule has 0 aliphatic rings. The summed E-state index contributed by atoms with van der Waals surface area (Å²) in [5.41, 5.74) is 0. The van der Waals surface area contributed by atoms with Crippen molar-refractivity contribution >= 4 is 22.1 Å². The third kappa shape index (κ3) is 42.6. The van der Waals surface area contributed by atoms with Gasteiger partial charge < -0.3 is 40.9 Å². The van der Waals surface area contributed by atoms with Gasteiger partial charge in [-0.1, -0.05) is 116 Å². The van der Waals surface area contributed by atoms with Crippen LogP contribution in [0, 0.1) is 0 Å². The highest BCUT2D eigenvalue weighted by molar-refractivity contribution is 7.87. The van der Waals surface area contributed by atoms with Crippen molar-refractivity contribution in [1.82, 2.24) is 10.6 Å². The Morgan fingerprint density at radius 2 is 0.891 bits per heavy atom. The van der Waals surface area contributed by atoms with Gasteiger partial charge in [0.2, 0.25) is 0 Å². The first-order valence-electron chi connectivity index (χ1n) is 17.3. The second-order valence-corrected chi connectivity index (χ2v) is 12.8. The summed E-state index contributed by atoms with van der Waals surface area (Å²) in [5, 5.41) is 44.8. The van der Waals surface area contributed by atoms with Gasteiger partial charge in [0, 0.05) is 26.2 Å². The predicted octanol–water partition coefficient (Wildman–Crippen LogP) is 3.42. The Bertz CT molecular complexity index is 726. The lowest BCUT2D eigenvalue weighted by atomic mass is 10.0. The molecule has 13 nitrogen and oxygen atoms in total. The van der Waals surface area contributed by atoms with Crippen molar-refractivity contribution in [2.24, 2.45) is 0 Å². The fourth-order valence-electron chi connectivity index (χ4n) is 4.30. The molecule has 0 saturated heterocycles. The van der Waals surface area contributed by atoms with E-state index in [4.69, 9.17) is 34.8 Å². The molecule has 0 aliphatic heterocycles. The molecular formula is C32H68N2O11S. The van der Waals surface area contributed by atoms with Crippen LogP contribution in [0.2, 0.25) is 0 Å². The zero-order chi connectivity index (χ0) is 35.2. The number of hydrogen-bond donors (Lipinski definition) is 8. The number of carbonyl (C=O) groups is 2. The molecule has 0 aromatic rings. The van der Waals surface area contributed by atoms with Crippen molar-refractivity contribution in [2.45, 2.75) is 134 Å². The van der Waals surface area contributed by atoms with E-state index in [-0.39, 0.29) is 33.0 Å². The number of aliphatic hydroxyl groups is 4. The molecule has 0 aromatic heterocycles. The molecule has 8 N–H and O–H groups in total. The van der Waals surface area contributed by atoms with Crippen LogP contribution in [0.1, 0.15) is 129 Å². The highest BCUT2D eigenvalue weighted by Crippen LogP contribution is 2.14. The number of carbonyl (C=O) groups excluding carboxylic acids is 1. The first-order chi connectivity index (χ1) is 22.1. The monoisotopic (exact) mass is 688 g/mol. The average Bonchev–Trinajstić information content (AvgIpc) is 3.01. The van der Waals surface area contributed by atoms with Gasteiger partial charge in [-0.25, -0.2) is 0 Å². The molecule has 278 valence electrons. The summed E-state index contributed by atoms with van der Waals surface area (Å²) in [6, 6.07) is 0. The maximum atomic E-state index is 11.7. The molecule has 0 heterocycles. The van der Waals surface area contributed by atoms with Gasteiger partial charge in [0.15, 0.2) is 5.25 Å². The van der Waals surface area contributed by atoms with Gasteiger partial charge in [-0.2, -0.15) is 8.42 Å². The molecular weight excluding hydrogens is 620 g/mol. The van der Waals surface area contributed by atoms with Gasteiger partial charge in [0.05, 0.1) is 39.5 Å². The quantitative estimate of drug-likeness (QED) is 0.0297. The van der Waals surface area contributed by atoms with Gasteiger partial charge in [-0.3, -0.25) is 14.1 Å². The maximum absolute atomic E-state index is 11.7. The maximum Gasteiger partial charge on any atom is 0.327 e. The number of carboxylic acids is 1. The molecule has 0 rings (SSSR count). The fourth-order valence-corrected chi connectivity index (χ4v) is 4.97. The van der Waals surface area contributed by atoms with E-state index < -0.39 is 33.7 Å². The van der Waals surface area contributed by atoms with Gasteiger partial charge in [0.25, 0.3) is 10.1 Å². The van der Waals surface area contributed by atoms with Crippen molar-refractivity contribution in [3.05, 3.63) is 0 Å². The van der Waals surface area contributed by atoms with E-state index in [1.807, 2.05) is 0 Å². The van der Waals surface area contributed by atoms with Crippen LogP contribution in [0.15, 0.2) is 0 Å². The van der Waals surface area contributed by atoms with Crippen LogP contribution in [0.25, 0.3) is 0 Å². The molecule has 14 heteroatoms. The molecule has 0 radical (unpaired) electrons.